The quantitative estimate of drug-likeness (QED) is 0.591. The second-order valence-electron chi connectivity index (χ2n) is 4.58. The van der Waals surface area contributed by atoms with Gasteiger partial charge < -0.3 is 10.1 Å². The molecule has 1 rings (SSSR count). The molecule has 0 amide bonds. The minimum Gasteiger partial charge on any atom is -0.468 e. The first kappa shape index (κ1) is 17.4. The van der Waals surface area contributed by atoms with Crippen LogP contribution in [0.2, 0.25) is 0 Å². The molecule has 1 fully saturated rings. The number of hydrogen-bond acceptors (Lipinski definition) is 4. The van der Waals surface area contributed by atoms with Gasteiger partial charge in [-0.3, -0.25) is 4.55 Å². The molecule has 2 N–H and O–H groups in total. The maximum absolute atomic E-state index is 13.1. The molecular formula is C10H16F3NO4S2. The van der Waals surface area contributed by atoms with Crippen molar-refractivity contribution in [2.45, 2.75) is 49.6 Å². The van der Waals surface area contributed by atoms with E-state index in [0.29, 0.717) is 0 Å². The maximum atomic E-state index is 13.1. The molecule has 1 atom stereocenters. The van der Waals surface area contributed by atoms with Gasteiger partial charge in [-0.05, 0) is 25.1 Å². The van der Waals surface area contributed by atoms with E-state index in [0.717, 1.165) is 32.1 Å². The molecule has 118 valence electrons. The van der Waals surface area contributed by atoms with Crippen molar-refractivity contribution in [3.63, 3.8) is 0 Å². The average Bonchev–Trinajstić information content (AvgIpc) is 2.35. The highest BCUT2D eigenvalue weighted by atomic mass is 32.2. The Morgan fingerprint density at radius 2 is 1.95 bits per heavy atom. The molecule has 10 heteroatoms. The van der Waals surface area contributed by atoms with Crippen molar-refractivity contribution >= 4 is 27.5 Å². The van der Waals surface area contributed by atoms with Crippen LogP contribution in [-0.2, 0) is 14.9 Å². The van der Waals surface area contributed by atoms with Gasteiger partial charge in [0.2, 0.25) is 6.17 Å². The first-order chi connectivity index (χ1) is 9.14. The lowest BCUT2D eigenvalue weighted by Gasteiger charge is -2.24. The van der Waals surface area contributed by atoms with Crippen molar-refractivity contribution < 1.29 is 30.9 Å². The van der Waals surface area contributed by atoms with Crippen LogP contribution in [0.5, 0.6) is 0 Å². The van der Waals surface area contributed by atoms with Gasteiger partial charge >= 0.3 is 15.4 Å². The van der Waals surface area contributed by atoms with Gasteiger partial charge in [0.05, 0.1) is 0 Å². The van der Waals surface area contributed by atoms with Crippen LogP contribution in [0.4, 0.5) is 13.2 Å². The lowest BCUT2D eigenvalue weighted by atomic mass is 9.96. The van der Waals surface area contributed by atoms with Crippen molar-refractivity contribution in [3.8, 4) is 0 Å². The largest absolute Gasteiger partial charge is 0.468 e. The number of hydrogen-bond donors (Lipinski definition) is 2. The first-order valence-electron chi connectivity index (χ1n) is 6.07. The summed E-state index contributed by atoms with van der Waals surface area (Å²) in [7, 11) is -5.83. The summed E-state index contributed by atoms with van der Waals surface area (Å²) in [6.45, 7) is -1.26. The highest BCUT2D eigenvalue weighted by molar-refractivity contribution is 7.86. The van der Waals surface area contributed by atoms with Gasteiger partial charge in [-0.25, -0.2) is 4.39 Å². The molecule has 1 aliphatic carbocycles. The Morgan fingerprint density at radius 3 is 2.45 bits per heavy atom. The second-order valence-corrected chi connectivity index (χ2v) is 6.45. The molecule has 0 aliphatic heterocycles. The standard InChI is InChI=1S/C10H16F3NO4S2/c11-8(10(12,13)20(15,16)17)6-18-9(19)14-7-4-2-1-3-5-7/h7-8H,1-6H2,(H,14,19)(H,15,16,17). The summed E-state index contributed by atoms with van der Waals surface area (Å²) < 4.78 is 72.3. The van der Waals surface area contributed by atoms with Gasteiger partial charge in [-0.1, -0.05) is 19.3 Å². The Labute approximate surface area is 120 Å². The molecule has 0 aromatic heterocycles. The maximum Gasteiger partial charge on any atom is 0.403 e. The van der Waals surface area contributed by atoms with Crippen LogP contribution >= 0.6 is 12.2 Å². The second kappa shape index (κ2) is 6.90. The third kappa shape index (κ3) is 4.74. The van der Waals surface area contributed by atoms with E-state index in [4.69, 9.17) is 16.8 Å². The zero-order valence-corrected chi connectivity index (χ0v) is 12.2. The molecule has 20 heavy (non-hydrogen) atoms. The first-order valence-corrected chi connectivity index (χ1v) is 7.91. The predicted molar refractivity (Wildman–Crippen MR) is 70.0 cm³/mol. The Morgan fingerprint density at radius 1 is 1.40 bits per heavy atom. The zero-order valence-electron chi connectivity index (χ0n) is 10.5. The molecule has 1 unspecified atom stereocenters. The van der Waals surface area contributed by atoms with Crippen molar-refractivity contribution in [3.05, 3.63) is 0 Å². The topological polar surface area (TPSA) is 75.6 Å². The van der Waals surface area contributed by atoms with Gasteiger partial charge in [0.25, 0.3) is 5.17 Å². The molecule has 0 bridgehead atoms. The molecule has 0 radical (unpaired) electrons. The van der Waals surface area contributed by atoms with E-state index < -0.39 is 28.2 Å². The van der Waals surface area contributed by atoms with Gasteiger partial charge in [0.1, 0.15) is 6.61 Å². The Hall–Kier alpha value is -0.610. The number of nitrogens with one attached hydrogen (secondary N) is 1. The van der Waals surface area contributed by atoms with E-state index in [-0.39, 0.29) is 11.2 Å². The van der Waals surface area contributed by atoms with Crippen LogP contribution in [0, 0.1) is 0 Å². The lowest BCUT2D eigenvalue weighted by Crippen LogP contribution is -2.43. The highest BCUT2D eigenvalue weighted by Gasteiger charge is 2.53. The summed E-state index contributed by atoms with van der Waals surface area (Å²) in [6.07, 6.45) is 1.62. The van der Waals surface area contributed by atoms with E-state index in [2.05, 4.69) is 10.1 Å². The SMILES string of the molecule is O=S(=O)(O)C(F)(F)C(F)COC(=S)NC1CCCCC1. The molecule has 0 aromatic carbocycles. The minimum absolute atomic E-state index is 0.0522. The molecular weight excluding hydrogens is 319 g/mol. The van der Waals surface area contributed by atoms with Crippen LogP contribution in [0.3, 0.4) is 0 Å². The van der Waals surface area contributed by atoms with Gasteiger partial charge in [-0.2, -0.15) is 17.2 Å². The van der Waals surface area contributed by atoms with Crippen LogP contribution in [0.25, 0.3) is 0 Å². The normalized spacial score (nSPS) is 19.4. The van der Waals surface area contributed by atoms with Crippen LogP contribution in [-0.4, -0.2) is 42.2 Å². The van der Waals surface area contributed by atoms with E-state index in [1.54, 1.807) is 0 Å². The molecule has 0 heterocycles. The van der Waals surface area contributed by atoms with Crippen molar-refractivity contribution in [1.29, 1.82) is 0 Å². The fourth-order valence-electron chi connectivity index (χ4n) is 1.86. The fraction of sp³-hybridized carbons (Fsp3) is 0.900. The average molecular weight is 335 g/mol. The molecule has 0 saturated heterocycles. The summed E-state index contributed by atoms with van der Waals surface area (Å²) in [4.78, 5) is 0. The Kier molecular flexibility index (Phi) is 6.02. The molecule has 1 saturated carbocycles. The highest BCUT2D eigenvalue weighted by Crippen LogP contribution is 2.27. The number of rotatable bonds is 5. The summed E-state index contributed by atoms with van der Waals surface area (Å²) in [5.41, 5.74) is 0. The van der Waals surface area contributed by atoms with E-state index in [1.807, 2.05) is 0 Å². The Bertz CT molecular complexity index is 438. The zero-order chi connectivity index (χ0) is 15.4. The summed E-state index contributed by atoms with van der Waals surface area (Å²) in [5, 5.41) is -2.43. The number of halogens is 3. The molecule has 5 nitrogen and oxygen atoms in total. The van der Waals surface area contributed by atoms with E-state index >= 15 is 0 Å². The monoisotopic (exact) mass is 335 g/mol. The smallest absolute Gasteiger partial charge is 0.403 e. The van der Waals surface area contributed by atoms with E-state index in [9.17, 15) is 21.6 Å². The third-order valence-corrected chi connectivity index (χ3v) is 4.18. The molecule has 0 aromatic rings. The van der Waals surface area contributed by atoms with Crippen LogP contribution in [0.15, 0.2) is 0 Å². The van der Waals surface area contributed by atoms with Gasteiger partial charge in [0.15, 0.2) is 0 Å². The number of ether oxygens (including phenoxy) is 1. The van der Waals surface area contributed by atoms with Crippen molar-refractivity contribution in [2.24, 2.45) is 0 Å². The summed E-state index contributed by atoms with van der Waals surface area (Å²) in [5.74, 6) is 0. The van der Waals surface area contributed by atoms with Gasteiger partial charge in [-0.15, -0.1) is 0 Å². The molecule has 0 spiro atoms. The predicted octanol–water partition coefficient (Wildman–Crippen LogP) is 2.03. The molecule has 1 aliphatic rings. The minimum atomic E-state index is -5.83. The van der Waals surface area contributed by atoms with Crippen molar-refractivity contribution in [2.75, 3.05) is 6.61 Å². The van der Waals surface area contributed by atoms with Gasteiger partial charge in [0, 0.05) is 6.04 Å². The van der Waals surface area contributed by atoms with Crippen LogP contribution in [0.1, 0.15) is 32.1 Å². The van der Waals surface area contributed by atoms with E-state index in [1.165, 1.54) is 0 Å². The number of alkyl halides is 3. The number of thiocarbonyl (C=S) groups is 1. The Balaban J connectivity index is 2.40. The van der Waals surface area contributed by atoms with Crippen molar-refractivity contribution in [1.82, 2.24) is 5.32 Å². The summed E-state index contributed by atoms with van der Waals surface area (Å²) in [6, 6.07) is 0.0522. The summed E-state index contributed by atoms with van der Waals surface area (Å²) >= 11 is 4.71. The third-order valence-electron chi connectivity index (χ3n) is 3.00. The fourth-order valence-corrected chi connectivity index (χ4v) is 2.49. The lowest BCUT2D eigenvalue weighted by molar-refractivity contribution is -0.0244. The van der Waals surface area contributed by atoms with Crippen LogP contribution < -0.4 is 5.32 Å².